The van der Waals surface area contributed by atoms with Crippen molar-refractivity contribution in [3.63, 3.8) is 0 Å². The SMILES string of the molecule is Fc1ccc(-c2cc(CCl)no2)c(Br)c1. The van der Waals surface area contributed by atoms with Crippen molar-refractivity contribution < 1.29 is 8.91 Å². The van der Waals surface area contributed by atoms with Crippen LogP contribution >= 0.6 is 27.5 Å². The topological polar surface area (TPSA) is 26.0 Å². The zero-order valence-electron chi connectivity index (χ0n) is 7.51. The van der Waals surface area contributed by atoms with Crippen molar-refractivity contribution in [2.75, 3.05) is 0 Å². The molecule has 0 amide bonds. The van der Waals surface area contributed by atoms with Gasteiger partial charge >= 0.3 is 0 Å². The minimum Gasteiger partial charge on any atom is -0.356 e. The summed E-state index contributed by atoms with van der Waals surface area (Å²) in [5.41, 5.74) is 1.41. The highest BCUT2D eigenvalue weighted by Crippen LogP contribution is 2.29. The standard InChI is InChI=1S/C10H6BrClFNO/c11-9-3-6(13)1-2-8(9)10-4-7(5-12)14-15-10/h1-4H,5H2. The first-order valence-electron chi connectivity index (χ1n) is 4.17. The maximum Gasteiger partial charge on any atom is 0.168 e. The van der Waals surface area contributed by atoms with Gasteiger partial charge < -0.3 is 4.52 Å². The first-order valence-corrected chi connectivity index (χ1v) is 5.50. The summed E-state index contributed by atoms with van der Waals surface area (Å²) in [6.45, 7) is 0. The van der Waals surface area contributed by atoms with Crippen LogP contribution in [0.1, 0.15) is 5.69 Å². The van der Waals surface area contributed by atoms with E-state index in [1.807, 2.05) is 0 Å². The molecule has 0 spiro atoms. The van der Waals surface area contributed by atoms with Crippen molar-refractivity contribution in [1.82, 2.24) is 5.16 Å². The van der Waals surface area contributed by atoms with E-state index in [1.54, 1.807) is 12.1 Å². The summed E-state index contributed by atoms with van der Waals surface area (Å²) in [6, 6.07) is 6.09. The van der Waals surface area contributed by atoms with Gasteiger partial charge in [0.1, 0.15) is 5.82 Å². The third-order valence-electron chi connectivity index (χ3n) is 1.89. The molecule has 0 saturated heterocycles. The van der Waals surface area contributed by atoms with Crippen molar-refractivity contribution in [2.24, 2.45) is 0 Å². The third kappa shape index (κ3) is 2.21. The Hall–Kier alpha value is -0.870. The Bertz CT molecular complexity index is 486. The maximum atomic E-state index is 12.8. The molecular weight excluding hydrogens is 284 g/mol. The molecular formula is C10H6BrClFNO. The van der Waals surface area contributed by atoms with E-state index in [0.717, 1.165) is 5.56 Å². The molecule has 2 rings (SSSR count). The third-order valence-corrected chi connectivity index (χ3v) is 2.82. The zero-order valence-corrected chi connectivity index (χ0v) is 9.85. The Balaban J connectivity index is 2.44. The van der Waals surface area contributed by atoms with Gasteiger partial charge in [-0.25, -0.2) is 4.39 Å². The lowest BCUT2D eigenvalue weighted by molar-refractivity contribution is 0.426. The van der Waals surface area contributed by atoms with Gasteiger partial charge in [-0.3, -0.25) is 0 Å². The maximum absolute atomic E-state index is 12.8. The fourth-order valence-electron chi connectivity index (χ4n) is 1.19. The molecule has 5 heteroatoms. The van der Waals surface area contributed by atoms with Crippen LogP contribution in [0.4, 0.5) is 4.39 Å². The monoisotopic (exact) mass is 289 g/mol. The smallest absolute Gasteiger partial charge is 0.168 e. The van der Waals surface area contributed by atoms with Crippen LogP contribution in [0, 0.1) is 5.82 Å². The summed E-state index contributed by atoms with van der Waals surface area (Å²) in [5.74, 6) is 0.558. The van der Waals surface area contributed by atoms with Gasteiger partial charge in [0.05, 0.1) is 11.6 Å². The number of hydrogen-bond acceptors (Lipinski definition) is 2. The molecule has 0 aliphatic rings. The summed E-state index contributed by atoms with van der Waals surface area (Å²) in [7, 11) is 0. The summed E-state index contributed by atoms with van der Waals surface area (Å²) >= 11 is 8.85. The largest absolute Gasteiger partial charge is 0.356 e. The quantitative estimate of drug-likeness (QED) is 0.782. The van der Waals surface area contributed by atoms with Gasteiger partial charge in [0, 0.05) is 16.1 Å². The molecule has 0 atom stereocenters. The molecule has 0 aliphatic carbocycles. The lowest BCUT2D eigenvalue weighted by Gasteiger charge is -1.98. The number of alkyl halides is 1. The molecule has 1 heterocycles. The van der Waals surface area contributed by atoms with Gasteiger partial charge in [0.15, 0.2) is 5.76 Å². The summed E-state index contributed by atoms with van der Waals surface area (Å²) in [5, 5.41) is 3.75. The van der Waals surface area contributed by atoms with Crippen LogP contribution in [-0.2, 0) is 5.88 Å². The van der Waals surface area contributed by atoms with Crippen LogP contribution in [0.3, 0.4) is 0 Å². The molecule has 2 aromatic rings. The average molecular weight is 291 g/mol. The van der Waals surface area contributed by atoms with E-state index in [4.69, 9.17) is 16.1 Å². The van der Waals surface area contributed by atoms with Crippen molar-refractivity contribution in [2.45, 2.75) is 5.88 Å². The molecule has 1 aromatic carbocycles. The van der Waals surface area contributed by atoms with Crippen molar-refractivity contribution in [3.8, 4) is 11.3 Å². The first-order chi connectivity index (χ1) is 7.20. The molecule has 0 N–H and O–H groups in total. The van der Waals surface area contributed by atoms with Crippen molar-refractivity contribution >= 4 is 27.5 Å². The van der Waals surface area contributed by atoms with Crippen LogP contribution in [0.25, 0.3) is 11.3 Å². The van der Waals surface area contributed by atoms with Crippen LogP contribution in [0.15, 0.2) is 33.3 Å². The van der Waals surface area contributed by atoms with Crippen molar-refractivity contribution in [3.05, 3.63) is 40.2 Å². The molecule has 15 heavy (non-hydrogen) atoms. The number of benzene rings is 1. The van der Waals surface area contributed by atoms with Crippen LogP contribution in [0.5, 0.6) is 0 Å². The number of halogens is 3. The lowest BCUT2D eigenvalue weighted by Crippen LogP contribution is -1.79. The highest BCUT2D eigenvalue weighted by atomic mass is 79.9. The molecule has 0 saturated carbocycles. The van der Waals surface area contributed by atoms with E-state index in [-0.39, 0.29) is 5.82 Å². The number of hydrogen-bond donors (Lipinski definition) is 0. The molecule has 0 aliphatic heterocycles. The average Bonchev–Trinajstić information content (AvgIpc) is 2.66. The zero-order chi connectivity index (χ0) is 10.8. The Labute approximate surface area is 99.2 Å². The molecule has 0 unspecified atom stereocenters. The summed E-state index contributed by atoms with van der Waals surface area (Å²) in [6.07, 6.45) is 0. The second-order valence-electron chi connectivity index (χ2n) is 2.94. The van der Waals surface area contributed by atoms with Gasteiger partial charge in [-0.1, -0.05) is 5.16 Å². The highest BCUT2D eigenvalue weighted by molar-refractivity contribution is 9.10. The Kier molecular flexibility index (Phi) is 3.07. The normalized spacial score (nSPS) is 10.6. The van der Waals surface area contributed by atoms with E-state index in [1.165, 1.54) is 12.1 Å². The van der Waals surface area contributed by atoms with Gasteiger partial charge in [-0.05, 0) is 34.1 Å². The first kappa shape index (κ1) is 10.6. The van der Waals surface area contributed by atoms with Gasteiger partial charge in [0.2, 0.25) is 0 Å². The second-order valence-corrected chi connectivity index (χ2v) is 4.06. The van der Waals surface area contributed by atoms with E-state index < -0.39 is 0 Å². The van der Waals surface area contributed by atoms with Gasteiger partial charge in [-0.2, -0.15) is 0 Å². The summed E-state index contributed by atoms with van der Waals surface area (Å²) in [4.78, 5) is 0. The predicted octanol–water partition coefficient (Wildman–Crippen LogP) is 3.98. The highest BCUT2D eigenvalue weighted by Gasteiger charge is 2.10. The number of rotatable bonds is 2. The molecule has 0 fully saturated rings. The van der Waals surface area contributed by atoms with Crippen LogP contribution < -0.4 is 0 Å². The number of nitrogens with zero attached hydrogens (tertiary/aromatic N) is 1. The summed E-state index contributed by atoms with van der Waals surface area (Å²) < 4.78 is 18.5. The fraction of sp³-hybridized carbons (Fsp3) is 0.100. The minimum atomic E-state index is -0.303. The van der Waals surface area contributed by atoms with Gasteiger partial charge in [-0.15, -0.1) is 11.6 Å². The van der Waals surface area contributed by atoms with Gasteiger partial charge in [0.25, 0.3) is 0 Å². The Morgan fingerprint density at radius 2 is 2.20 bits per heavy atom. The number of aromatic nitrogens is 1. The van der Waals surface area contributed by atoms with Crippen LogP contribution in [-0.4, -0.2) is 5.16 Å². The lowest BCUT2D eigenvalue weighted by atomic mass is 10.1. The molecule has 0 bridgehead atoms. The van der Waals surface area contributed by atoms with E-state index in [0.29, 0.717) is 21.8 Å². The van der Waals surface area contributed by atoms with E-state index in [2.05, 4.69) is 21.1 Å². The van der Waals surface area contributed by atoms with E-state index >= 15 is 0 Å². The Morgan fingerprint density at radius 1 is 1.40 bits per heavy atom. The van der Waals surface area contributed by atoms with Crippen LogP contribution in [0.2, 0.25) is 0 Å². The van der Waals surface area contributed by atoms with Crippen molar-refractivity contribution in [1.29, 1.82) is 0 Å². The molecule has 78 valence electrons. The fourth-order valence-corrected chi connectivity index (χ4v) is 1.86. The molecule has 2 nitrogen and oxygen atoms in total. The van der Waals surface area contributed by atoms with E-state index in [9.17, 15) is 4.39 Å². The molecule has 0 radical (unpaired) electrons. The minimum absolute atomic E-state index is 0.294. The second kappa shape index (κ2) is 4.33. The Morgan fingerprint density at radius 3 is 2.80 bits per heavy atom. The predicted molar refractivity (Wildman–Crippen MR) is 59.2 cm³/mol. The molecule has 1 aromatic heterocycles.